The van der Waals surface area contributed by atoms with Crippen LogP contribution in [-0.2, 0) is 10.5 Å². The Kier molecular flexibility index (Phi) is 8.08. The lowest BCUT2D eigenvalue weighted by molar-refractivity contribution is -0.113. The Morgan fingerprint density at radius 1 is 0.971 bits per heavy atom. The number of anilines is 1. The molecular formula is C28H23ClN2O3S. The molecule has 0 saturated carbocycles. The maximum absolute atomic E-state index is 13.3. The van der Waals surface area contributed by atoms with Crippen LogP contribution < -0.4 is 10.6 Å². The molecule has 5 nitrogen and oxygen atoms in total. The van der Waals surface area contributed by atoms with Gasteiger partial charge in [0.25, 0.3) is 11.8 Å². The Balaban J connectivity index is 1.53. The Hall–Kier alpha value is -3.74. The summed E-state index contributed by atoms with van der Waals surface area (Å²) in [5.41, 5.74) is 3.24. The highest BCUT2D eigenvalue weighted by Crippen LogP contribution is 2.30. The van der Waals surface area contributed by atoms with Crippen molar-refractivity contribution in [3.8, 4) is 0 Å². The van der Waals surface area contributed by atoms with Crippen LogP contribution in [0.1, 0.15) is 27.2 Å². The third kappa shape index (κ3) is 6.88. The fourth-order valence-corrected chi connectivity index (χ4v) is 4.37. The minimum Gasteiger partial charge on any atom is -0.465 e. The highest BCUT2D eigenvalue weighted by Gasteiger charge is 2.17. The number of halogens is 1. The van der Waals surface area contributed by atoms with Gasteiger partial charge in [-0.2, -0.15) is 0 Å². The zero-order valence-corrected chi connectivity index (χ0v) is 20.5. The number of aryl methyl sites for hydroxylation is 1. The average Bonchev–Trinajstić information content (AvgIpc) is 3.37. The number of benzene rings is 3. The summed E-state index contributed by atoms with van der Waals surface area (Å²) in [6.07, 6.45) is 3.01. The SMILES string of the molecule is Cc1cccc(C(=O)N/C(=C\c2ccco2)C(=O)Nc2ccccc2SCc2ccc(Cl)cc2)c1. The number of carbonyl (C=O) groups excluding carboxylic acids is 2. The first-order valence-corrected chi connectivity index (χ1v) is 12.2. The number of furan rings is 1. The summed E-state index contributed by atoms with van der Waals surface area (Å²) in [4.78, 5) is 27.0. The maximum atomic E-state index is 13.3. The van der Waals surface area contributed by atoms with E-state index in [-0.39, 0.29) is 11.6 Å². The molecule has 0 aliphatic carbocycles. The van der Waals surface area contributed by atoms with Crippen LogP contribution in [0.15, 0.2) is 106 Å². The van der Waals surface area contributed by atoms with Gasteiger partial charge in [0.2, 0.25) is 0 Å². The first-order valence-electron chi connectivity index (χ1n) is 10.9. The Morgan fingerprint density at radius 2 is 1.77 bits per heavy atom. The number of rotatable bonds is 8. The van der Waals surface area contributed by atoms with Crippen molar-refractivity contribution < 1.29 is 14.0 Å². The third-order valence-electron chi connectivity index (χ3n) is 5.05. The minimum atomic E-state index is -0.457. The first-order chi connectivity index (χ1) is 17.0. The number of thioether (sulfide) groups is 1. The number of hydrogen-bond donors (Lipinski definition) is 2. The molecule has 0 unspecified atom stereocenters. The van der Waals surface area contributed by atoms with Gasteiger partial charge in [0, 0.05) is 27.3 Å². The molecule has 2 N–H and O–H groups in total. The minimum absolute atomic E-state index is 0.0731. The van der Waals surface area contributed by atoms with E-state index in [0.717, 1.165) is 16.0 Å². The topological polar surface area (TPSA) is 71.3 Å². The van der Waals surface area contributed by atoms with Crippen LogP contribution in [0.25, 0.3) is 6.08 Å². The monoisotopic (exact) mass is 502 g/mol. The van der Waals surface area contributed by atoms with Crippen LogP contribution in [0.3, 0.4) is 0 Å². The molecular weight excluding hydrogens is 480 g/mol. The van der Waals surface area contributed by atoms with Gasteiger partial charge in [-0.25, -0.2) is 0 Å². The summed E-state index contributed by atoms with van der Waals surface area (Å²) < 4.78 is 5.37. The van der Waals surface area contributed by atoms with Crippen molar-refractivity contribution in [2.45, 2.75) is 17.6 Å². The van der Waals surface area contributed by atoms with E-state index in [1.165, 1.54) is 12.3 Å². The van der Waals surface area contributed by atoms with Crippen LogP contribution in [0.4, 0.5) is 5.69 Å². The Labute approximate surface area is 213 Å². The van der Waals surface area contributed by atoms with E-state index in [1.54, 1.807) is 42.1 Å². The molecule has 0 radical (unpaired) electrons. The van der Waals surface area contributed by atoms with Gasteiger partial charge >= 0.3 is 0 Å². The van der Waals surface area contributed by atoms with Crippen molar-refractivity contribution in [3.05, 3.63) is 124 Å². The normalized spacial score (nSPS) is 11.2. The summed E-state index contributed by atoms with van der Waals surface area (Å²) in [5.74, 6) is 0.322. The van der Waals surface area contributed by atoms with Crippen molar-refractivity contribution in [2.75, 3.05) is 5.32 Å². The van der Waals surface area contributed by atoms with E-state index in [1.807, 2.05) is 61.5 Å². The second-order valence-corrected chi connectivity index (χ2v) is 9.22. The standard InChI is InChI=1S/C28H23ClN2O3S/c1-19-6-4-7-21(16-19)27(32)31-25(17-23-8-5-15-34-23)28(33)30-24-9-2-3-10-26(24)35-18-20-11-13-22(29)14-12-20/h2-17H,18H2,1H3,(H,30,33)(H,31,32)/b25-17-. The van der Waals surface area contributed by atoms with Crippen molar-refractivity contribution in [3.63, 3.8) is 0 Å². The summed E-state index contributed by atoms with van der Waals surface area (Å²) in [7, 11) is 0. The van der Waals surface area contributed by atoms with Gasteiger partial charge in [-0.1, -0.05) is 53.6 Å². The highest BCUT2D eigenvalue weighted by molar-refractivity contribution is 7.98. The second kappa shape index (κ2) is 11.6. The van der Waals surface area contributed by atoms with E-state index >= 15 is 0 Å². The van der Waals surface area contributed by atoms with Crippen molar-refractivity contribution in [2.24, 2.45) is 0 Å². The van der Waals surface area contributed by atoms with Gasteiger partial charge in [0.05, 0.1) is 12.0 Å². The molecule has 0 spiro atoms. The number of para-hydroxylation sites is 1. The van der Waals surface area contributed by atoms with Gasteiger partial charge in [-0.3, -0.25) is 9.59 Å². The molecule has 1 heterocycles. The Morgan fingerprint density at radius 3 is 2.51 bits per heavy atom. The highest BCUT2D eigenvalue weighted by atomic mass is 35.5. The van der Waals surface area contributed by atoms with E-state index in [0.29, 0.717) is 27.8 Å². The number of carbonyl (C=O) groups is 2. The van der Waals surface area contributed by atoms with E-state index < -0.39 is 5.91 Å². The maximum Gasteiger partial charge on any atom is 0.272 e. The molecule has 3 aromatic carbocycles. The third-order valence-corrected chi connectivity index (χ3v) is 6.44. The van der Waals surface area contributed by atoms with Crippen LogP contribution in [-0.4, -0.2) is 11.8 Å². The molecule has 4 aromatic rings. The zero-order chi connectivity index (χ0) is 24.6. The summed E-state index contributed by atoms with van der Waals surface area (Å²) in [6, 6.07) is 25.8. The molecule has 2 amide bonds. The molecule has 176 valence electrons. The molecule has 1 aromatic heterocycles. The van der Waals surface area contributed by atoms with Gasteiger partial charge < -0.3 is 15.1 Å². The lowest BCUT2D eigenvalue weighted by atomic mass is 10.1. The first kappa shape index (κ1) is 24.4. The zero-order valence-electron chi connectivity index (χ0n) is 19.0. The van der Waals surface area contributed by atoms with E-state index in [4.69, 9.17) is 16.0 Å². The summed E-state index contributed by atoms with van der Waals surface area (Å²) in [6.45, 7) is 1.90. The lowest BCUT2D eigenvalue weighted by Gasteiger charge is -2.14. The summed E-state index contributed by atoms with van der Waals surface area (Å²) >= 11 is 7.57. The van der Waals surface area contributed by atoms with Crippen molar-refractivity contribution >= 4 is 46.9 Å². The van der Waals surface area contributed by atoms with E-state index in [2.05, 4.69) is 10.6 Å². The van der Waals surface area contributed by atoms with Crippen LogP contribution in [0.5, 0.6) is 0 Å². The average molecular weight is 503 g/mol. The molecule has 0 aliphatic heterocycles. The molecule has 35 heavy (non-hydrogen) atoms. The van der Waals surface area contributed by atoms with Gasteiger partial charge in [-0.15, -0.1) is 11.8 Å². The fraction of sp³-hybridized carbons (Fsp3) is 0.0714. The second-order valence-electron chi connectivity index (χ2n) is 7.76. The molecule has 0 bridgehead atoms. The largest absolute Gasteiger partial charge is 0.465 e. The Bertz CT molecular complexity index is 1350. The van der Waals surface area contributed by atoms with E-state index in [9.17, 15) is 9.59 Å². The molecule has 0 atom stereocenters. The molecule has 4 rings (SSSR count). The molecule has 0 fully saturated rings. The number of nitrogens with one attached hydrogen (secondary N) is 2. The molecule has 0 aliphatic rings. The van der Waals surface area contributed by atoms with Crippen LogP contribution >= 0.6 is 23.4 Å². The smallest absolute Gasteiger partial charge is 0.272 e. The predicted molar refractivity (Wildman–Crippen MR) is 141 cm³/mol. The molecule has 0 saturated heterocycles. The van der Waals surface area contributed by atoms with Gasteiger partial charge in [-0.05, 0) is 61.0 Å². The fourth-order valence-electron chi connectivity index (χ4n) is 3.28. The lowest BCUT2D eigenvalue weighted by Crippen LogP contribution is -2.30. The van der Waals surface area contributed by atoms with Crippen molar-refractivity contribution in [1.82, 2.24) is 5.32 Å². The number of amides is 2. The quantitative estimate of drug-likeness (QED) is 0.202. The summed E-state index contributed by atoms with van der Waals surface area (Å²) in [5, 5.41) is 6.35. The van der Waals surface area contributed by atoms with Crippen molar-refractivity contribution in [1.29, 1.82) is 0 Å². The molecule has 7 heteroatoms. The van der Waals surface area contributed by atoms with Gasteiger partial charge in [0.1, 0.15) is 11.5 Å². The predicted octanol–water partition coefficient (Wildman–Crippen LogP) is 6.94. The van der Waals surface area contributed by atoms with Crippen LogP contribution in [0, 0.1) is 6.92 Å². The van der Waals surface area contributed by atoms with Gasteiger partial charge in [0.15, 0.2) is 0 Å². The number of hydrogen-bond acceptors (Lipinski definition) is 4. The van der Waals surface area contributed by atoms with Crippen LogP contribution in [0.2, 0.25) is 5.02 Å².